The van der Waals surface area contributed by atoms with Gasteiger partial charge < -0.3 is 19.5 Å². The lowest BCUT2D eigenvalue weighted by Gasteiger charge is -2.31. The van der Waals surface area contributed by atoms with Crippen LogP contribution < -0.4 is 10.1 Å². The molecule has 0 fully saturated rings. The van der Waals surface area contributed by atoms with Crippen LogP contribution in [0.25, 0.3) is 11.5 Å². The molecule has 0 bridgehead atoms. The quantitative estimate of drug-likeness (QED) is 0.278. The molecule has 6 rings (SSSR count). The number of ether oxygens (including phenoxy) is 1. The van der Waals surface area contributed by atoms with Gasteiger partial charge in [0.05, 0.1) is 36.3 Å². The van der Waals surface area contributed by atoms with Gasteiger partial charge in [0.2, 0.25) is 0 Å². The summed E-state index contributed by atoms with van der Waals surface area (Å²) in [4.78, 5) is 16.0. The van der Waals surface area contributed by atoms with Crippen LogP contribution in [0.4, 0.5) is 10.5 Å². The van der Waals surface area contributed by atoms with Gasteiger partial charge in [0.1, 0.15) is 11.6 Å². The van der Waals surface area contributed by atoms with Crippen LogP contribution in [0.1, 0.15) is 41.0 Å². The van der Waals surface area contributed by atoms with Crippen molar-refractivity contribution >= 4 is 11.7 Å². The highest BCUT2D eigenvalue weighted by Crippen LogP contribution is 2.39. The third-order valence-electron chi connectivity index (χ3n) is 7.10. The number of aryl methyl sites for hydroxylation is 2. The Labute approximate surface area is 228 Å². The van der Waals surface area contributed by atoms with Gasteiger partial charge in [-0.05, 0) is 80.4 Å². The minimum Gasteiger partial charge on any atom is -0.494 e. The van der Waals surface area contributed by atoms with E-state index in [4.69, 9.17) is 9.84 Å². The molecule has 2 aromatic heterocycles. The Morgan fingerprint density at radius 1 is 0.974 bits per heavy atom. The molecule has 1 N–H and O–H groups in total. The largest absolute Gasteiger partial charge is 0.494 e. The Hall–Kier alpha value is -4.78. The van der Waals surface area contributed by atoms with Crippen molar-refractivity contribution < 1.29 is 9.53 Å². The normalized spacial score (nSPS) is 14.3. The maximum Gasteiger partial charge on any atom is 0.322 e. The zero-order valence-corrected chi connectivity index (χ0v) is 22.3. The van der Waals surface area contributed by atoms with E-state index in [9.17, 15) is 4.79 Å². The highest BCUT2D eigenvalue weighted by Gasteiger charge is 2.36. The van der Waals surface area contributed by atoms with E-state index in [-0.39, 0.29) is 12.1 Å². The zero-order valence-electron chi connectivity index (χ0n) is 22.3. The van der Waals surface area contributed by atoms with Crippen LogP contribution in [-0.4, -0.2) is 31.9 Å². The number of hydrogen-bond acceptors (Lipinski definition) is 3. The number of fused-ring (bicyclic) bond motifs is 3. The first-order chi connectivity index (χ1) is 19.0. The highest BCUT2D eigenvalue weighted by atomic mass is 16.5. The number of nitrogens with one attached hydrogen (secondary N) is 1. The Bertz CT molecular complexity index is 1640. The van der Waals surface area contributed by atoms with Gasteiger partial charge in [0.15, 0.2) is 0 Å². The highest BCUT2D eigenvalue weighted by molar-refractivity contribution is 5.90. The summed E-state index contributed by atoms with van der Waals surface area (Å²) >= 11 is 0. The molecule has 0 aliphatic carbocycles. The maximum absolute atomic E-state index is 14.1. The molecule has 1 aliphatic rings. The van der Waals surface area contributed by atoms with Crippen LogP contribution in [0.15, 0.2) is 97.2 Å². The average Bonchev–Trinajstić information content (AvgIpc) is 3.50. The van der Waals surface area contributed by atoms with Crippen molar-refractivity contribution in [2.75, 3.05) is 11.9 Å². The van der Waals surface area contributed by atoms with Crippen molar-refractivity contribution in [3.05, 3.63) is 125 Å². The van der Waals surface area contributed by atoms with E-state index in [1.165, 1.54) is 0 Å². The summed E-state index contributed by atoms with van der Waals surface area (Å²) in [6, 6.07) is 29.6. The summed E-state index contributed by atoms with van der Waals surface area (Å²) < 4.78 is 9.99. The second-order valence-electron chi connectivity index (χ2n) is 9.77. The van der Waals surface area contributed by atoms with Crippen molar-refractivity contribution in [1.29, 1.82) is 0 Å². The number of nitrogens with zero attached hydrogens (tertiary/aromatic N) is 4. The summed E-state index contributed by atoms with van der Waals surface area (Å²) in [5.74, 6) is 1.72. The van der Waals surface area contributed by atoms with Gasteiger partial charge in [-0.1, -0.05) is 42.5 Å². The first-order valence-corrected chi connectivity index (χ1v) is 13.2. The lowest BCUT2D eigenvalue weighted by Crippen LogP contribution is -2.38. The van der Waals surface area contributed by atoms with E-state index >= 15 is 0 Å². The number of para-hydroxylation sites is 1. The number of urea groups is 1. The number of carbonyl (C=O) groups is 1. The van der Waals surface area contributed by atoms with Gasteiger partial charge in [0, 0.05) is 17.4 Å². The molecule has 196 valence electrons. The first kappa shape index (κ1) is 24.6. The third kappa shape index (κ3) is 4.56. The SMILES string of the molecule is CCOc1cccc([C@@H]2c3cccn3-c3c(c(C)nn3-c3ccccc3)CN2C(=O)Nc2cccc(C)c2)c1. The third-order valence-corrected chi connectivity index (χ3v) is 7.10. The molecule has 5 aromatic rings. The fraction of sp³-hybridized carbons (Fsp3) is 0.188. The Kier molecular flexibility index (Phi) is 6.40. The van der Waals surface area contributed by atoms with E-state index in [0.717, 1.165) is 51.0 Å². The molecule has 0 saturated carbocycles. The number of hydrogen-bond donors (Lipinski definition) is 1. The molecule has 0 radical (unpaired) electrons. The number of amides is 2. The molecule has 0 unspecified atom stereocenters. The minimum atomic E-state index is -0.360. The molecule has 1 aliphatic heterocycles. The predicted molar refractivity (Wildman–Crippen MR) is 153 cm³/mol. The Morgan fingerprint density at radius 3 is 2.59 bits per heavy atom. The van der Waals surface area contributed by atoms with Gasteiger partial charge in [-0.15, -0.1) is 0 Å². The van der Waals surface area contributed by atoms with Crippen LogP contribution in [0.2, 0.25) is 0 Å². The topological polar surface area (TPSA) is 64.3 Å². The summed E-state index contributed by atoms with van der Waals surface area (Å²) in [5, 5.41) is 8.08. The smallest absolute Gasteiger partial charge is 0.322 e. The molecular weight excluding hydrogens is 486 g/mol. The van der Waals surface area contributed by atoms with Crippen LogP contribution in [0.5, 0.6) is 5.75 Å². The Balaban J connectivity index is 1.53. The van der Waals surface area contributed by atoms with Gasteiger partial charge in [-0.3, -0.25) is 0 Å². The summed E-state index contributed by atoms with van der Waals surface area (Å²) in [6.07, 6.45) is 2.05. The molecule has 1 atom stereocenters. The molecule has 3 aromatic carbocycles. The van der Waals surface area contributed by atoms with Gasteiger partial charge >= 0.3 is 6.03 Å². The molecule has 0 spiro atoms. The number of aromatic nitrogens is 3. The van der Waals surface area contributed by atoms with Crippen LogP contribution in [0, 0.1) is 13.8 Å². The van der Waals surface area contributed by atoms with E-state index in [0.29, 0.717) is 13.2 Å². The molecule has 0 saturated heterocycles. The molecule has 7 heteroatoms. The standard InChI is InChI=1S/C32H31N5O2/c1-4-39-27-16-9-12-24(20-27)30-29-17-10-18-35(29)31-28(23(3)34-37(31)26-14-6-5-7-15-26)21-36(30)32(38)33-25-13-8-11-22(2)19-25/h5-20,30H,4,21H2,1-3H3,(H,33,38)/t30-/m1/s1. The predicted octanol–water partition coefficient (Wildman–Crippen LogP) is 6.82. The number of rotatable bonds is 5. The Morgan fingerprint density at radius 2 is 1.79 bits per heavy atom. The fourth-order valence-corrected chi connectivity index (χ4v) is 5.36. The van der Waals surface area contributed by atoms with Crippen molar-refractivity contribution in [1.82, 2.24) is 19.2 Å². The first-order valence-electron chi connectivity index (χ1n) is 13.2. The van der Waals surface area contributed by atoms with Crippen molar-refractivity contribution in [3.8, 4) is 17.3 Å². The lowest BCUT2D eigenvalue weighted by atomic mass is 10.0. The van der Waals surface area contributed by atoms with Crippen molar-refractivity contribution in [2.45, 2.75) is 33.4 Å². The second-order valence-corrected chi connectivity index (χ2v) is 9.77. The zero-order chi connectivity index (χ0) is 26.9. The number of anilines is 1. The van der Waals surface area contributed by atoms with Crippen molar-refractivity contribution in [2.24, 2.45) is 0 Å². The second kappa shape index (κ2) is 10.2. The van der Waals surface area contributed by atoms with E-state index in [1.54, 1.807) is 0 Å². The van der Waals surface area contributed by atoms with Gasteiger partial charge in [0.25, 0.3) is 0 Å². The summed E-state index contributed by atoms with van der Waals surface area (Å²) in [6.45, 7) is 6.95. The van der Waals surface area contributed by atoms with E-state index in [2.05, 4.69) is 28.2 Å². The molecular formula is C32H31N5O2. The van der Waals surface area contributed by atoms with Crippen LogP contribution >= 0.6 is 0 Å². The number of carbonyl (C=O) groups excluding carboxylic acids is 1. The molecule has 39 heavy (non-hydrogen) atoms. The van der Waals surface area contributed by atoms with Crippen molar-refractivity contribution in [3.63, 3.8) is 0 Å². The van der Waals surface area contributed by atoms with Crippen LogP contribution in [0.3, 0.4) is 0 Å². The average molecular weight is 518 g/mol. The lowest BCUT2D eigenvalue weighted by molar-refractivity contribution is 0.194. The maximum atomic E-state index is 14.1. The van der Waals surface area contributed by atoms with Gasteiger partial charge in [-0.25, -0.2) is 9.48 Å². The van der Waals surface area contributed by atoms with E-state index in [1.807, 2.05) is 109 Å². The minimum absolute atomic E-state index is 0.181. The molecule has 2 amide bonds. The fourth-order valence-electron chi connectivity index (χ4n) is 5.36. The number of benzene rings is 3. The molecule has 3 heterocycles. The summed E-state index contributed by atoms with van der Waals surface area (Å²) in [5.41, 5.74) is 6.64. The summed E-state index contributed by atoms with van der Waals surface area (Å²) in [7, 11) is 0. The molecule has 7 nitrogen and oxygen atoms in total. The van der Waals surface area contributed by atoms with E-state index < -0.39 is 0 Å². The van der Waals surface area contributed by atoms with Gasteiger partial charge in [-0.2, -0.15) is 5.10 Å². The monoisotopic (exact) mass is 517 g/mol. The van der Waals surface area contributed by atoms with Crippen LogP contribution in [-0.2, 0) is 6.54 Å².